The number of aromatic nitrogens is 1. The molecule has 0 aliphatic heterocycles. The van der Waals surface area contributed by atoms with Gasteiger partial charge in [-0.2, -0.15) is 0 Å². The van der Waals surface area contributed by atoms with Crippen LogP contribution in [-0.2, 0) is 9.53 Å². The van der Waals surface area contributed by atoms with E-state index in [1.54, 1.807) is 37.6 Å². The number of ether oxygens (including phenoxy) is 1. The SMILES string of the molecule is C=C/C(=C\C(=NC)C(=O)NC)O/C(C=C)=C/c1sc(NC2CCCCCC2)nc1C. The fourth-order valence-corrected chi connectivity index (χ4v) is 4.21. The minimum Gasteiger partial charge on any atom is -0.457 e. The highest BCUT2D eigenvalue weighted by Crippen LogP contribution is 2.28. The third kappa shape index (κ3) is 6.99. The van der Waals surface area contributed by atoms with Gasteiger partial charge in [0, 0.05) is 26.2 Å². The predicted molar refractivity (Wildman–Crippen MR) is 127 cm³/mol. The van der Waals surface area contributed by atoms with Gasteiger partial charge < -0.3 is 15.4 Å². The molecule has 1 amide bonds. The number of rotatable bonds is 9. The predicted octanol–water partition coefficient (Wildman–Crippen LogP) is 5.02. The molecule has 0 bridgehead atoms. The van der Waals surface area contributed by atoms with E-state index in [9.17, 15) is 4.79 Å². The summed E-state index contributed by atoms with van der Waals surface area (Å²) in [5, 5.41) is 7.09. The van der Waals surface area contributed by atoms with Crippen molar-refractivity contribution in [1.29, 1.82) is 0 Å². The summed E-state index contributed by atoms with van der Waals surface area (Å²) in [7, 11) is 3.10. The Bertz CT molecular complexity index is 843. The number of carbonyl (C=O) groups excluding carboxylic acids is 1. The summed E-state index contributed by atoms with van der Waals surface area (Å²) in [5.41, 5.74) is 1.18. The number of hydrogen-bond acceptors (Lipinski definition) is 6. The Morgan fingerprint density at radius 2 is 1.87 bits per heavy atom. The Labute approximate surface area is 183 Å². The van der Waals surface area contributed by atoms with E-state index in [4.69, 9.17) is 4.74 Å². The molecule has 0 saturated heterocycles. The fourth-order valence-electron chi connectivity index (χ4n) is 3.22. The van der Waals surface area contributed by atoms with E-state index in [1.807, 2.05) is 13.0 Å². The topological polar surface area (TPSA) is 75.6 Å². The number of nitrogens with one attached hydrogen (secondary N) is 2. The van der Waals surface area contributed by atoms with Crippen LogP contribution in [0.25, 0.3) is 6.08 Å². The summed E-state index contributed by atoms with van der Waals surface area (Å²) in [5.74, 6) is 0.655. The van der Waals surface area contributed by atoms with E-state index >= 15 is 0 Å². The van der Waals surface area contributed by atoms with Crippen LogP contribution in [0.5, 0.6) is 0 Å². The first kappa shape index (κ1) is 23.6. The molecule has 1 fully saturated rings. The summed E-state index contributed by atoms with van der Waals surface area (Å²) in [4.78, 5) is 21.5. The highest BCUT2D eigenvalue weighted by molar-refractivity contribution is 7.16. The number of amides is 1. The molecular formula is C23H32N4O2S. The molecule has 7 heteroatoms. The first-order valence-electron chi connectivity index (χ1n) is 10.3. The highest BCUT2D eigenvalue weighted by Gasteiger charge is 2.15. The molecule has 0 unspecified atom stereocenters. The van der Waals surface area contributed by atoms with Gasteiger partial charge in [-0.05, 0) is 38.0 Å². The van der Waals surface area contributed by atoms with Crippen LogP contribution in [0.2, 0.25) is 0 Å². The monoisotopic (exact) mass is 428 g/mol. The maximum absolute atomic E-state index is 11.8. The number of anilines is 1. The van der Waals surface area contributed by atoms with Gasteiger partial charge in [0.2, 0.25) is 0 Å². The number of allylic oxidation sites excluding steroid dienone is 2. The van der Waals surface area contributed by atoms with Crippen molar-refractivity contribution in [3.8, 4) is 0 Å². The molecule has 2 rings (SSSR count). The van der Waals surface area contributed by atoms with E-state index in [2.05, 4.69) is 33.8 Å². The van der Waals surface area contributed by atoms with E-state index in [0.29, 0.717) is 17.6 Å². The second kappa shape index (κ2) is 12.1. The standard InChI is InChI=1S/C23H32N4O2S/c1-6-18(14-20(24-4)22(28)25-5)29-19(7-2)15-21-16(3)26-23(30-21)27-17-12-10-8-9-11-13-17/h6-7,14-15,17H,1-2,8-13H2,3-5H3,(H,25,28)(H,26,27)/b18-14+,19-15+,24-20?. The first-order valence-corrected chi connectivity index (χ1v) is 11.1. The van der Waals surface area contributed by atoms with Crippen LogP contribution >= 0.6 is 11.3 Å². The zero-order chi connectivity index (χ0) is 21.9. The molecule has 1 heterocycles. The van der Waals surface area contributed by atoms with E-state index in [-0.39, 0.29) is 11.6 Å². The molecule has 0 spiro atoms. The zero-order valence-electron chi connectivity index (χ0n) is 18.2. The molecular weight excluding hydrogens is 396 g/mol. The minimum absolute atomic E-state index is 0.250. The van der Waals surface area contributed by atoms with Gasteiger partial charge in [-0.1, -0.05) is 50.2 Å². The van der Waals surface area contributed by atoms with Crippen LogP contribution in [0.4, 0.5) is 5.13 Å². The first-order chi connectivity index (χ1) is 14.5. The van der Waals surface area contributed by atoms with E-state index < -0.39 is 0 Å². The van der Waals surface area contributed by atoms with Crippen molar-refractivity contribution in [2.75, 3.05) is 19.4 Å². The zero-order valence-corrected chi connectivity index (χ0v) is 19.0. The second-order valence-corrected chi connectivity index (χ2v) is 8.12. The van der Waals surface area contributed by atoms with Crippen molar-refractivity contribution in [2.45, 2.75) is 51.5 Å². The average Bonchev–Trinajstić information content (AvgIpc) is 2.93. The lowest BCUT2D eigenvalue weighted by Gasteiger charge is -2.14. The van der Waals surface area contributed by atoms with Gasteiger partial charge in [0.25, 0.3) is 5.91 Å². The van der Waals surface area contributed by atoms with Gasteiger partial charge in [-0.25, -0.2) is 4.98 Å². The Kier molecular flexibility index (Phi) is 9.54. The summed E-state index contributed by atoms with van der Waals surface area (Å²) in [6, 6.07) is 0.497. The molecule has 1 aliphatic carbocycles. The van der Waals surface area contributed by atoms with Gasteiger partial charge in [-0.15, -0.1) is 0 Å². The van der Waals surface area contributed by atoms with Crippen molar-refractivity contribution < 1.29 is 9.53 Å². The maximum Gasteiger partial charge on any atom is 0.269 e. The lowest BCUT2D eigenvalue weighted by atomic mass is 10.1. The number of aryl methyl sites for hydroxylation is 1. The van der Waals surface area contributed by atoms with Gasteiger partial charge in [0.15, 0.2) is 5.13 Å². The van der Waals surface area contributed by atoms with Crippen LogP contribution in [0, 0.1) is 6.92 Å². The van der Waals surface area contributed by atoms with Crippen molar-refractivity contribution in [2.24, 2.45) is 4.99 Å². The second-order valence-electron chi connectivity index (χ2n) is 7.09. The van der Waals surface area contributed by atoms with E-state index in [1.165, 1.54) is 44.6 Å². The Morgan fingerprint density at radius 3 is 2.43 bits per heavy atom. The summed E-state index contributed by atoms with van der Waals surface area (Å²) in [6.45, 7) is 9.59. The number of nitrogens with zero attached hydrogens (tertiary/aromatic N) is 2. The molecule has 1 aromatic heterocycles. The molecule has 1 aliphatic rings. The number of hydrogen-bond donors (Lipinski definition) is 2. The van der Waals surface area contributed by atoms with Gasteiger partial charge in [0.05, 0.1) is 10.6 Å². The Balaban J connectivity index is 2.16. The van der Waals surface area contributed by atoms with Gasteiger partial charge >= 0.3 is 0 Å². The third-order valence-electron chi connectivity index (χ3n) is 4.91. The van der Waals surface area contributed by atoms with Crippen LogP contribution in [-0.4, -0.2) is 36.7 Å². The molecule has 162 valence electrons. The molecule has 2 N–H and O–H groups in total. The van der Waals surface area contributed by atoms with Crippen molar-refractivity contribution in [3.05, 3.63) is 53.5 Å². The molecule has 0 atom stereocenters. The van der Waals surface area contributed by atoms with E-state index in [0.717, 1.165) is 15.7 Å². The van der Waals surface area contributed by atoms with Crippen molar-refractivity contribution >= 4 is 34.2 Å². The van der Waals surface area contributed by atoms with Crippen molar-refractivity contribution in [3.63, 3.8) is 0 Å². The summed E-state index contributed by atoms with van der Waals surface area (Å²) >= 11 is 1.61. The smallest absolute Gasteiger partial charge is 0.269 e. The molecule has 6 nitrogen and oxygen atoms in total. The van der Waals surface area contributed by atoms with Crippen LogP contribution in [0.1, 0.15) is 49.1 Å². The molecule has 30 heavy (non-hydrogen) atoms. The van der Waals surface area contributed by atoms with Crippen LogP contribution in [0.15, 0.2) is 47.9 Å². The lowest BCUT2D eigenvalue weighted by Crippen LogP contribution is -2.26. The molecule has 0 aromatic carbocycles. The van der Waals surface area contributed by atoms with Gasteiger partial charge in [0.1, 0.15) is 17.2 Å². The van der Waals surface area contributed by atoms with Crippen LogP contribution < -0.4 is 10.6 Å². The fraction of sp³-hybridized carbons (Fsp3) is 0.435. The number of carbonyl (C=O) groups is 1. The van der Waals surface area contributed by atoms with Crippen LogP contribution in [0.3, 0.4) is 0 Å². The molecule has 1 aromatic rings. The highest BCUT2D eigenvalue weighted by atomic mass is 32.1. The Hall–Kier alpha value is -2.67. The lowest BCUT2D eigenvalue weighted by molar-refractivity contribution is -0.114. The summed E-state index contributed by atoms with van der Waals surface area (Å²) in [6.07, 6.45) is 14.2. The quantitative estimate of drug-likeness (QED) is 0.251. The Morgan fingerprint density at radius 1 is 1.20 bits per heavy atom. The number of thiazole rings is 1. The third-order valence-corrected chi connectivity index (χ3v) is 5.94. The summed E-state index contributed by atoms with van der Waals surface area (Å²) < 4.78 is 5.89. The largest absolute Gasteiger partial charge is 0.457 e. The molecule has 0 radical (unpaired) electrons. The molecule has 1 saturated carbocycles. The average molecular weight is 429 g/mol. The number of aliphatic imine (C=N–C) groups is 1. The van der Waals surface area contributed by atoms with Gasteiger partial charge in [-0.3, -0.25) is 9.79 Å². The van der Waals surface area contributed by atoms with Crippen molar-refractivity contribution in [1.82, 2.24) is 10.3 Å². The minimum atomic E-state index is -0.294. The maximum atomic E-state index is 11.8. The normalized spacial score (nSPS) is 16.6.